The number of carbonyl (C=O) groups is 3. The fraction of sp³-hybridized carbons (Fsp3) is 0.857. The van der Waals surface area contributed by atoms with Gasteiger partial charge in [-0.1, -0.05) is 53.9 Å². The topological polar surface area (TPSA) is 448 Å². The van der Waals surface area contributed by atoms with Crippen LogP contribution in [0.2, 0.25) is 0 Å². The van der Waals surface area contributed by atoms with Gasteiger partial charge in [0.1, 0.15) is 110 Å². The number of nitrogens with one attached hydrogen (secondary N) is 1. The van der Waals surface area contributed by atoms with Crippen LogP contribution in [0.1, 0.15) is 139 Å². The molecule has 1 aromatic carbocycles. The van der Waals surface area contributed by atoms with E-state index in [1.165, 1.54) is 18.2 Å². The van der Waals surface area contributed by atoms with E-state index < -0.39 is 172 Å². The SMILES string of the molecule is CCCCCCC(=O)NCCOc1cc(C(=O)CCCO[C@H]2OC(CO[C@H]3CC(C)[C@@H](C)CC3O[C@@H]3OC(CO)[C@@H](O)[C@H](O)C3O)[C@@H](O)[C@H](O)C2O)cc(C(=O)CCCO[C@H]2OC(CO[C@H]3CC(C)[C@@H](C)CC3O[C@@H]3OC(CO)[C@@H](O)[C@H](O)C3O)[C@@H](O)[C@H](O)C2O)c1. The molecule has 0 radical (unpaired) electrons. The Bertz CT molecular complexity index is 2250. The molecule has 4 aliphatic heterocycles. The zero-order chi connectivity index (χ0) is 67.1. The lowest BCUT2D eigenvalue weighted by atomic mass is 9.78. The first-order valence-electron chi connectivity index (χ1n) is 32.7. The van der Waals surface area contributed by atoms with Gasteiger partial charge < -0.3 is 129 Å². The number of unbranched alkanes of at least 4 members (excludes halogenated alkanes) is 3. The summed E-state index contributed by atoms with van der Waals surface area (Å²) in [6, 6.07) is 4.33. The minimum Gasteiger partial charge on any atom is -0.492 e. The average Bonchev–Trinajstić information content (AvgIpc) is 0.884. The summed E-state index contributed by atoms with van der Waals surface area (Å²) in [6.45, 7) is 7.99. The van der Waals surface area contributed by atoms with Gasteiger partial charge in [0.2, 0.25) is 5.91 Å². The van der Waals surface area contributed by atoms with E-state index in [2.05, 4.69) is 12.2 Å². The van der Waals surface area contributed by atoms with Crippen LogP contribution in [0.3, 0.4) is 0 Å². The lowest BCUT2D eigenvalue weighted by molar-refractivity contribution is -0.327. The number of aliphatic hydroxyl groups is 14. The van der Waals surface area contributed by atoms with Gasteiger partial charge in [-0.25, -0.2) is 0 Å². The molecule has 29 heteroatoms. The summed E-state index contributed by atoms with van der Waals surface area (Å²) < 4.78 is 65.4. The summed E-state index contributed by atoms with van der Waals surface area (Å²) in [4.78, 5) is 40.3. The van der Waals surface area contributed by atoms with E-state index in [1.807, 2.05) is 27.7 Å². The zero-order valence-corrected chi connectivity index (χ0v) is 53.2. The molecule has 1 aromatic rings. The summed E-state index contributed by atoms with van der Waals surface area (Å²) >= 11 is 0. The van der Waals surface area contributed by atoms with Gasteiger partial charge in [0.05, 0.1) is 70.6 Å². The summed E-state index contributed by atoms with van der Waals surface area (Å²) in [7, 11) is 0. The largest absolute Gasteiger partial charge is 0.492 e. The number of ether oxygens (including phenoxy) is 11. The minimum atomic E-state index is -1.73. The number of aliphatic hydroxyl groups excluding tert-OH is 14. The van der Waals surface area contributed by atoms with Crippen LogP contribution in [0.4, 0.5) is 0 Å². The molecular formula is C63H103NO28. The van der Waals surface area contributed by atoms with Crippen molar-refractivity contribution in [3.8, 4) is 5.75 Å². The van der Waals surface area contributed by atoms with E-state index in [9.17, 15) is 85.9 Å². The van der Waals surface area contributed by atoms with Gasteiger partial charge in [0.25, 0.3) is 0 Å². The lowest BCUT2D eigenvalue weighted by Crippen LogP contribution is -2.61. The van der Waals surface area contributed by atoms with Crippen LogP contribution in [-0.4, -0.2) is 289 Å². The van der Waals surface area contributed by atoms with Crippen molar-refractivity contribution in [2.75, 3.05) is 52.8 Å². The molecule has 6 fully saturated rings. The Balaban J connectivity index is 0.924. The molecule has 0 aromatic heterocycles. The number of ketones is 2. The Kier molecular flexibility index (Phi) is 30.2. The number of Topliss-reactive ketones (excluding diaryl/α,β-unsaturated/α-hetero) is 2. The quantitative estimate of drug-likeness (QED) is 0.0267. The van der Waals surface area contributed by atoms with Gasteiger partial charge in [0.15, 0.2) is 36.7 Å². The van der Waals surface area contributed by atoms with E-state index >= 15 is 0 Å². The number of rotatable bonds is 33. The van der Waals surface area contributed by atoms with Crippen molar-refractivity contribution in [2.45, 2.75) is 265 Å². The van der Waals surface area contributed by atoms with Crippen LogP contribution in [0.15, 0.2) is 18.2 Å². The predicted octanol–water partition coefficient (Wildman–Crippen LogP) is -2.00. The molecule has 15 N–H and O–H groups in total. The van der Waals surface area contributed by atoms with Crippen molar-refractivity contribution in [3.05, 3.63) is 29.3 Å². The van der Waals surface area contributed by atoms with E-state index in [0.29, 0.717) is 32.1 Å². The van der Waals surface area contributed by atoms with Crippen LogP contribution < -0.4 is 10.1 Å². The van der Waals surface area contributed by atoms with Crippen molar-refractivity contribution in [3.63, 3.8) is 0 Å². The van der Waals surface area contributed by atoms with Gasteiger partial charge in [-0.15, -0.1) is 0 Å². The molecule has 2 saturated carbocycles. The third-order valence-electron chi connectivity index (χ3n) is 19.0. The zero-order valence-electron chi connectivity index (χ0n) is 53.2. The first-order valence-corrected chi connectivity index (χ1v) is 32.7. The molecule has 29 nitrogen and oxygen atoms in total. The molecule has 28 atom stereocenters. The highest BCUT2D eigenvalue weighted by Gasteiger charge is 2.51. The maximum Gasteiger partial charge on any atom is 0.220 e. The number of carbonyl (C=O) groups excluding carboxylic acids is 3. The molecule has 7 rings (SSSR count). The molecule has 6 aliphatic rings. The maximum atomic E-state index is 13.9. The molecule has 12 unspecified atom stereocenters. The van der Waals surface area contributed by atoms with Crippen LogP contribution >= 0.6 is 0 Å². The molecule has 4 saturated heterocycles. The predicted molar refractivity (Wildman–Crippen MR) is 318 cm³/mol. The molecule has 528 valence electrons. The highest BCUT2D eigenvalue weighted by molar-refractivity contribution is 6.02. The number of benzene rings is 1. The van der Waals surface area contributed by atoms with Crippen molar-refractivity contribution < 1.29 is 138 Å². The normalized spacial score (nSPS) is 40.2. The first-order chi connectivity index (χ1) is 43.8. The van der Waals surface area contributed by atoms with E-state index in [4.69, 9.17) is 52.1 Å². The summed E-state index contributed by atoms with van der Waals surface area (Å²) in [5.74, 6) is -0.316. The standard InChI is InChI=1S/C63H103NO28/c1-6-7-8-9-14-47(69)64-15-18-82-36-24-34(37(67)12-10-16-83-60-56(78)54(76)50(72)45(91-60)28-85-39-19-30(2)32(4)21-41(39)87-62-58(80)52(74)48(70)43(26-65)89-62)23-35(25-36)38(68)13-11-17-84-61-57(79)55(77)51(73)46(92-61)29-86-40-20-31(3)33(5)22-42(40)88-63-59(81)53(75)49(71)44(27-66)90-63/h23-25,30-33,39-46,48-63,65-66,70-81H,6-22,26-29H2,1-5H3,(H,64,69)/t30?,31?,32-,33-,39-,40-,41?,42?,43?,44?,45?,46?,48+,49+,50+,51+,52-,53-,54-,55-,56?,57?,58?,59?,60-,61-,62+,63+/m0/s1. The fourth-order valence-corrected chi connectivity index (χ4v) is 12.5. The smallest absolute Gasteiger partial charge is 0.220 e. The Morgan fingerprint density at radius 1 is 0.435 bits per heavy atom. The number of amides is 1. The third kappa shape index (κ3) is 20.2. The van der Waals surface area contributed by atoms with Crippen LogP contribution in [0.25, 0.3) is 0 Å². The van der Waals surface area contributed by atoms with Gasteiger partial charge in [-0.05, 0) is 86.8 Å². The third-order valence-corrected chi connectivity index (χ3v) is 19.0. The number of hydrogen-bond acceptors (Lipinski definition) is 28. The molecule has 0 bridgehead atoms. The van der Waals surface area contributed by atoms with Crippen molar-refractivity contribution in [1.29, 1.82) is 0 Å². The Morgan fingerprint density at radius 2 is 0.815 bits per heavy atom. The molecule has 4 heterocycles. The lowest BCUT2D eigenvalue weighted by Gasteiger charge is -2.45. The average molecular weight is 1320 g/mol. The molecule has 1 amide bonds. The molecule has 0 spiro atoms. The van der Waals surface area contributed by atoms with Gasteiger partial charge in [0, 0.05) is 30.4 Å². The highest BCUT2D eigenvalue weighted by Crippen LogP contribution is 2.39. The molecular weight excluding hydrogens is 1220 g/mol. The van der Waals surface area contributed by atoms with Gasteiger partial charge in [-0.2, -0.15) is 0 Å². The minimum absolute atomic E-state index is 0.00519. The highest BCUT2D eigenvalue weighted by atomic mass is 16.7. The first kappa shape index (κ1) is 76.2. The Labute approximate surface area is 536 Å². The van der Waals surface area contributed by atoms with E-state index in [1.54, 1.807) is 0 Å². The second-order valence-electron chi connectivity index (χ2n) is 25.9. The van der Waals surface area contributed by atoms with Crippen molar-refractivity contribution in [2.24, 2.45) is 23.7 Å². The van der Waals surface area contributed by atoms with Gasteiger partial charge in [-0.3, -0.25) is 14.4 Å². The molecule has 2 aliphatic carbocycles. The Hall–Kier alpha value is -3.13. The van der Waals surface area contributed by atoms with Crippen LogP contribution in [0.5, 0.6) is 5.75 Å². The summed E-state index contributed by atoms with van der Waals surface area (Å²) in [5, 5.41) is 151. The Morgan fingerprint density at radius 3 is 1.22 bits per heavy atom. The second kappa shape index (κ2) is 36.5. The summed E-state index contributed by atoms with van der Waals surface area (Å²) in [6.07, 6.45) is -27.7. The van der Waals surface area contributed by atoms with Gasteiger partial charge >= 0.3 is 0 Å². The van der Waals surface area contributed by atoms with Crippen LogP contribution in [-0.2, 0) is 52.2 Å². The monoisotopic (exact) mass is 1320 g/mol. The fourth-order valence-electron chi connectivity index (χ4n) is 12.5. The van der Waals surface area contributed by atoms with Crippen molar-refractivity contribution in [1.82, 2.24) is 5.32 Å². The van der Waals surface area contributed by atoms with Crippen molar-refractivity contribution >= 4 is 17.5 Å². The second-order valence-corrected chi connectivity index (χ2v) is 25.9. The van der Waals surface area contributed by atoms with Crippen LogP contribution in [0, 0.1) is 23.7 Å². The van der Waals surface area contributed by atoms with E-state index in [-0.39, 0.29) is 112 Å². The number of hydrogen-bond donors (Lipinski definition) is 15. The maximum absolute atomic E-state index is 13.9. The van der Waals surface area contributed by atoms with E-state index in [0.717, 1.165) is 25.7 Å². The summed E-state index contributed by atoms with van der Waals surface area (Å²) in [5.41, 5.74) is 0.214. The molecule has 92 heavy (non-hydrogen) atoms.